The second kappa shape index (κ2) is 4.11. The Morgan fingerprint density at radius 3 is 2.29 bits per heavy atom. The number of hydrogen-bond donors (Lipinski definition) is 3. The number of aromatic nitrogens is 2. The molecule has 0 spiro atoms. The van der Waals surface area contributed by atoms with E-state index in [-0.39, 0.29) is 4.90 Å². The molecule has 0 fully saturated rings. The lowest BCUT2D eigenvalue weighted by atomic mass is 10.1. The second-order valence-corrected chi connectivity index (χ2v) is 5.92. The van der Waals surface area contributed by atoms with Gasteiger partial charge in [-0.15, -0.1) is 0 Å². The average molecular weight is 261 g/mol. The lowest BCUT2D eigenvalue weighted by molar-refractivity contribution is -0.142. The van der Waals surface area contributed by atoms with Gasteiger partial charge >= 0.3 is 5.97 Å². The van der Waals surface area contributed by atoms with Gasteiger partial charge in [0.1, 0.15) is 10.4 Å². The van der Waals surface area contributed by atoms with Crippen molar-refractivity contribution in [1.29, 1.82) is 0 Å². The summed E-state index contributed by atoms with van der Waals surface area (Å²) in [5.74, 6) is -1.25. The summed E-state index contributed by atoms with van der Waals surface area (Å²) in [6.07, 6.45) is 0. The van der Waals surface area contributed by atoms with Crippen LogP contribution in [0.4, 0.5) is 0 Å². The van der Waals surface area contributed by atoms with E-state index < -0.39 is 21.5 Å². The summed E-state index contributed by atoms with van der Waals surface area (Å²) in [5, 5.41) is 15.2. The van der Waals surface area contributed by atoms with Gasteiger partial charge in [0, 0.05) is 0 Å². The van der Waals surface area contributed by atoms with Crippen LogP contribution in [0.25, 0.3) is 0 Å². The maximum atomic E-state index is 12.0. The Balaban J connectivity index is 3.19. The number of nitrogens with one attached hydrogen (secondary N) is 2. The third-order valence-electron chi connectivity index (χ3n) is 2.25. The standard InChI is InChI=1S/C9H15N3O4S/c1-5-7(6(2)11-10-5)17(15,16)12-9(3,4)8(13)14/h12H,1-4H3,(H,10,11)(H,13,14). The Labute approximate surface area is 99.3 Å². The fourth-order valence-electron chi connectivity index (χ4n) is 1.37. The van der Waals surface area contributed by atoms with Crippen molar-refractivity contribution in [2.24, 2.45) is 0 Å². The smallest absolute Gasteiger partial charge is 0.324 e. The Morgan fingerprint density at radius 2 is 1.94 bits per heavy atom. The van der Waals surface area contributed by atoms with Crippen molar-refractivity contribution in [3.63, 3.8) is 0 Å². The van der Waals surface area contributed by atoms with E-state index in [0.29, 0.717) is 11.4 Å². The van der Waals surface area contributed by atoms with Crippen molar-refractivity contribution < 1.29 is 18.3 Å². The molecule has 0 aliphatic carbocycles. The molecule has 0 unspecified atom stereocenters. The van der Waals surface area contributed by atoms with E-state index in [2.05, 4.69) is 14.9 Å². The predicted molar refractivity (Wildman–Crippen MR) is 60.1 cm³/mol. The zero-order valence-electron chi connectivity index (χ0n) is 10.0. The maximum absolute atomic E-state index is 12.0. The molecule has 0 aliphatic rings. The summed E-state index contributed by atoms with van der Waals surface area (Å²) in [6.45, 7) is 5.64. The number of aryl methyl sites for hydroxylation is 2. The minimum absolute atomic E-state index is 0.00757. The molecular weight excluding hydrogens is 246 g/mol. The van der Waals surface area contributed by atoms with Crippen molar-refractivity contribution in [1.82, 2.24) is 14.9 Å². The van der Waals surface area contributed by atoms with Gasteiger partial charge < -0.3 is 5.11 Å². The number of rotatable bonds is 4. The molecule has 1 heterocycles. The summed E-state index contributed by atoms with van der Waals surface area (Å²) in [6, 6.07) is 0. The van der Waals surface area contributed by atoms with Gasteiger partial charge in [0.25, 0.3) is 0 Å². The van der Waals surface area contributed by atoms with Gasteiger partial charge in [0.2, 0.25) is 10.0 Å². The molecule has 0 radical (unpaired) electrons. The van der Waals surface area contributed by atoms with Crippen molar-refractivity contribution in [3.05, 3.63) is 11.4 Å². The molecule has 3 N–H and O–H groups in total. The largest absolute Gasteiger partial charge is 0.480 e. The van der Waals surface area contributed by atoms with Crippen LogP contribution < -0.4 is 4.72 Å². The number of nitrogens with zero attached hydrogens (tertiary/aromatic N) is 1. The first kappa shape index (κ1) is 13.7. The molecular formula is C9H15N3O4S. The van der Waals surface area contributed by atoms with Gasteiger partial charge in [-0.25, -0.2) is 8.42 Å². The second-order valence-electron chi connectivity index (χ2n) is 4.30. The Kier molecular flexibility index (Phi) is 3.30. The Bertz CT molecular complexity index is 525. The first-order chi connectivity index (χ1) is 7.58. The molecule has 0 aliphatic heterocycles. The number of carboxylic acid groups (broad SMARTS) is 1. The summed E-state index contributed by atoms with van der Waals surface area (Å²) in [7, 11) is -3.91. The van der Waals surface area contributed by atoms with Crippen LogP contribution in [0.2, 0.25) is 0 Å². The predicted octanol–water partition coefficient (Wildman–Crippen LogP) is 0.168. The summed E-state index contributed by atoms with van der Waals surface area (Å²) in [4.78, 5) is 10.9. The van der Waals surface area contributed by atoms with Crippen LogP contribution in [0.5, 0.6) is 0 Å². The highest BCUT2D eigenvalue weighted by Crippen LogP contribution is 2.18. The number of hydrogen-bond acceptors (Lipinski definition) is 4. The average Bonchev–Trinajstić information content (AvgIpc) is 2.44. The van der Waals surface area contributed by atoms with E-state index in [0.717, 1.165) is 0 Å². The maximum Gasteiger partial charge on any atom is 0.324 e. The van der Waals surface area contributed by atoms with Crippen LogP contribution in [0.15, 0.2) is 4.90 Å². The molecule has 8 heteroatoms. The fourth-order valence-corrected chi connectivity index (χ4v) is 3.11. The summed E-state index contributed by atoms with van der Waals surface area (Å²) in [5.41, 5.74) is -0.901. The molecule has 0 amide bonds. The van der Waals surface area contributed by atoms with Gasteiger partial charge in [-0.1, -0.05) is 0 Å². The first-order valence-electron chi connectivity index (χ1n) is 4.87. The summed E-state index contributed by atoms with van der Waals surface area (Å²) >= 11 is 0. The van der Waals surface area contributed by atoms with Gasteiger partial charge in [-0.2, -0.15) is 9.82 Å². The normalized spacial score (nSPS) is 12.7. The van der Waals surface area contributed by atoms with Crippen molar-refractivity contribution in [3.8, 4) is 0 Å². The van der Waals surface area contributed by atoms with Crippen molar-refractivity contribution in [2.45, 2.75) is 38.1 Å². The van der Waals surface area contributed by atoms with Crippen LogP contribution in [-0.2, 0) is 14.8 Å². The molecule has 7 nitrogen and oxygen atoms in total. The zero-order valence-corrected chi connectivity index (χ0v) is 10.8. The zero-order chi connectivity index (χ0) is 13.4. The molecule has 0 saturated carbocycles. The Morgan fingerprint density at radius 1 is 1.41 bits per heavy atom. The van der Waals surface area contributed by atoms with Crippen molar-refractivity contribution >= 4 is 16.0 Å². The van der Waals surface area contributed by atoms with E-state index >= 15 is 0 Å². The molecule has 17 heavy (non-hydrogen) atoms. The quantitative estimate of drug-likeness (QED) is 0.715. The molecule has 0 atom stereocenters. The number of carboxylic acids is 1. The van der Waals surface area contributed by atoms with Crippen LogP contribution in [0.1, 0.15) is 25.2 Å². The number of H-pyrrole nitrogens is 1. The molecule has 0 aromatic carbocycles. The minimum Gasteiger partial charge on any atom is -0.480 e. The number of aliphatic carboxylic acids is 1. The lowest BCUT2D eigenvalue weighted by Crippen LogP contribution is -2.49. The van der Waals surface area contributed by atoms with Gasteiger partial charge in [-0.3, -0.25) is 9.89 Å². The van der Waals surface area contributed by atoms with E-state index in [1.807, 2.05) is 0 Å². The minimum atomic E-state index is -3.91. The molecule has 1 aromatic rings. The van der Waals surface area contributed by atoms with Crippen LogP contribution in [0.3, 0.4) is 0 Å². The van der Waals surface area contributed by atoms with Crippen LogP contribution >= 0.6 is 0 Å². The highest BCUT2D eigenvalue weighted by atomic mass is 32.2. The van der Waals surface area contributed by atoms with E-state index in [1.54, 1.807) is 6.92 Å². The van der Waals surface area contributed by atoms with Gasteiger partial charge in [-0.05, 0) is 27.7 Å². The van der Waals surface area contributed by atoms with E-state index in [9.17, 15) is 13.2 Å². The number of sulfonamides is 1. The monoisotopic (exact) mass is 261 g/mol. The fraction of sp³-hybridized carbons (Fsp3) is 0.556. The Hall–Kier alpha value is -1.41. The van der Waals surface area contributed by atoms with Gasteiger partial charge in [0.05, 0.1) is 11.4 Å². The van der Waals surface area contributed by atoms with E-state index in [4.69, 9.17) is 5.11 Å². The van der Waals surface area contributed by atoms with Crippen molar-refractivity contribution in [2.75, 3.05) is 0 Å². The molecule has 1 rings (SSSR count). The molecule has 1 aromatic heterocycles. The number of carbonyl (C=O) groups is 1. The molecule has 96 valence electrons. The van der Waals surface area contributed by atoms with Crippen LogP contribution in [0, 0.1) is 13.8 Å². The SMILES string of the molecule is Cc1n[nH]c(C)c1S(=O)(=O)NC(C)(C)C(=O)O. The number of aromatic amines is 1. The highest BCUT2D eigenvalue weighted by molar-refractivity contribution is 7.89. The summed E-state index contributed by atoms with van der Waals surface area (Å²) < 4.78 is 26.2. The third-order valence-corrected chi connectivity index (χ3v) is 4.17. The third kappa shape index (κ3) is 2.64. The van der Waals surface area contributed by atoms with E-state index in [1.165, 1.54) is 20.8 Å². The van der Waals surface area contributed by atoms with Crippen LogP contribution in [-0.4, -0.2) is 35.2 Å². The molecule has 0 bridgehead atoms. The highest BCUT2D eigenvalue weighted by Gasteiger charge is 2.35. The molecule has 0 saturated heterocycles. The lowest BCUT2D eigenvalue weighted by Gasteiger charge is -2.20. The topological polar surface area (TPSA) is 112 Å². The first-order valence-corrected chi connectivity index (χ1v) is 6.35. The van der Waals surface area contributed by atoms with Gasteiger partial charge in [0.15, 0.2) is 0 Å².